The number of carboxylic acids is 1. The van der Waals surface area contributed by atoms with E-state index in [-0.39, 0.29) is 24.3 Å². The predicted octanol–water partition coefficient (Wildman–Crippen LogP) is 4.49. The smallest absolute Gasteiger partial charge is 0.417 e. The number of carbonyl (C=O) groups is 1. The summed E-state index contributed by atoms with van der Waals surface area (Å²) in [5.74, 6) is -1.64. The molecule has 0 aliphatic carbocycles. The molecule has 0 heterocycles. The Morgan fingerprint density at radius 3 is 2.04 bits per heavy atom. The summed E-state index contributed by atoms with van der Waals surface area (Å²) in [6.07, 6.45) is -9.86. The molecule has 0 bridgehead atoms. The third kappa shape index (κ3) is 5.62. The van der Waals surface area contributed by atoms with Gasteiger partial charge in [-0.3, -0.25) is 4.79 Å². The summed E-state index contributed by atoms with van der Waals surface area (Å²) >= 11 is 0. The first-order valence-corrected chi connectivity index (χ1v) is 7.48. The van der Waals surface area contributed by atoms with E-state index in [9.17, 15) is 31.1 Å². The monoisotopic (exact) mass is 371 g/mol. The van der Waals surface area contributed by atoms with Crippen molar-refractivity contribution in [2.45, 2.75) is 51.0 Å². The van der Waals surface area contributed by atoms with Gasteiger partial charge in [0, 0.05) is 0 Å². The van der Waals surface area contributed by atoms with Gasteiger partial charge in [-0.05, 0) is 43.4 Å². The van der Waals surface area contributed by atoms with Gasteiger partial charge in [-0.15, -0.1) is 0 Å². The minimum absolute atomic E-state index is 0.00220. The highest BCUT2D eigenvalue weighted by molar-refractivity contribution is 5.77. The number of aliphatic carboxylic acids is 1. The third-order valence-corrected chi connectivity index (χ3v) is 4.00. The molecule has 1 aromatic carbocycles. The van der Waals surface area contributed by atoms with Crippen LogP contribution in [0, 0.1) is 5.92 Å². The molecule has 1 rings (SSSR count). The van der Waals surface area contributed by atoms with Gasteiger partial charge in [0.15, 0.2) is 0 Å². The summed E-state index contributed by atoms with van der Waals surface area (Å²) in [6, 6.07) is 1.86. The summed E-state index contributed by atoms with van der Waals surface area (Å²) < 4.78 is 77.2. The fraction of sp³-hybridized carbons (Fsp3) is 0.562. The number of hydrogen-bond acceptors (Lipinski definition) is 2. The highest BCUT2D eigenvalue weighted by Gasteiger charge is 2.43. The molecule has 0 saturated heterocycles. The van der Waals surface area contributed by atoms with Crippen molar-refractivity contribution in [3.05, 3.63) is 34.9 Å². The summed E-state index contributed by atoms with van der Waals surface area (Å²) in [5, 5.41) is 9.03. The quantitative estimate of drug-likeness (QED) is 0.725. The lowest BCUT2D eigenvalue weighted by Gasteiger charge is -2.25. The molecule has 0 aliphatic heterocycles. The van der Waals surface area contributed by atoms with E-state index in [2.05, 4.69) is 0 Å². The Kier molecular flexibility index (Phi) is 6.15. The van der Waals surface area contributed by atoms with Crippen molar-refractivity contribution in [3.63, 3.8) is 0 Å². The number of halogens is 6. The van der Waals surface area contributed by atoms with Crippen LogP contribution in [0.2, 0.25) is 0 Å². The van der Waals surface area contributed by atoms with Crippen LogP contribution in [0.3, 0.4) is 0 Å². The van der Waals surface area contributed by atoms with Gasteiger partial charge in [-0.1, -0.05) is 19.4 Å². The largest absolute Gasteiger partial charge is 0.480 e. The Labute approximate surface area is 140 Å². The average Bonchev–Trinajstić information content (AvgIpc) is 2.44. The molecule has 142 valence electrons. The SMILES string of the molecule is CCC(Cc1ccc(C(F)(F)F)c(C(F)(F)F)c1)CC(C)(N)C(=O)O. The molecular formula is C16H19F6NO2. The van der Waals surface area contributed by atoms with Crippen LogP contribution >= 0.6 is 0 Å². The Bertz CT molecular complexity index is 622. The normalized spacial score (nSPS) is 16.4. The molecule has 0 saturated carbocycles. The van der Waals surface area contributed by atoms with E-state index in [0.717, 1.165) is 6.07 Å². The van der Waals surface area contributed by atoms with Crippen LogP contribution in [0.1, 0.15) is 43.4 Å². The predicted molar refractivity (Wildman–Crippen MR) is 78.8 cm³/mol. The number of carboxylic acid groups (broad SMARTS) is 1. The Hall–Kier alpha value is -1.77. The van der Waals surface area contributed by atoms with Crippen LogP contribution in [-0.4, -0.2) is 16.6 Å². The maximum Gasteiger partial charge on any atom is 0.417 e. The van der Waals surface area contributed by atoms with Crippen molar-refractivity contribution in [1.29, 1.82) is 0 Å². The first-order valence-electron chi connectivity index (χ1n) is 7.48. The maximum atomic E-state index is 13.0. The van der Waals surface area contributed by atoms with Crippen LogP contribution in [0.4, 0.5) is 26.3 Å². The molecule has 0 fully saturated rings. The molecular weight excluding hydrogens is 352 g/mol. The van der Waals surface area contributed by atoms with E-state index in [1.807, 2.05) is 0 Å². The first-order chi connectivity index (χ1) is 11.2. The second-order valence-electron chi connectivity index (χ2n) is 6.28. The van der Waals surface area contributed by atoms with Crippen molar-refractivity contribution in [2.75, 3.05) is 0 Å². The summed E-state index contributed by atoms with van der Waals surface area (Å²) in [4.78, 5) is 11.1. The molecule has 0 amide bonds. The Morgan fingerprint density at radius 2 is 1.64 bits per heavy atom. The lowest BCUT2D eigenvalue weighted by Crippen LogP contribution is -2.46. The van der Waals surface area contributed by atoms with E-state index in [0.29, 0.717) is 18.6 Å². The van der Waals surface area contributed by atoms with Crippen LogP contribution in [0.15, 0.2) is 18.2 Å². The molecule has 0 radical (unpaired) electrons. The molecule has 1 aromatic rings. The molecule has 9 heteroatoms. The van der Waals surface area contributed by atoms with Gasteiger partial charge in [0.05, 0.1) is 11.1 Å². The van der Waals surface area contributed by atoms with Gasteiger partial charge < -0.3 is 10.8 Å². The number of hydrogen-bond donors (Lipinski definition) is 2. The van der Waals surface area contributed by atoms with E-state index in [4.69, 9.17) is 10.8 Å². The summed E-state index contributed by atoms with van der Waals surface area (Å²) in [7, 11) is 0. The minimum atomic E-state index is -5.15. The van der Waals surface area contributed by atoms with E-state index in [1.54, 1.807) is 6.92 Å². The molecule has 0 spiro atoms. The summed E-state index contributed by atoms with van der Waals surface area (Å²) in [5.41, 5.74) is 0.628. The van der Waals surface area contributed by atoms with E-state index in [1.165, 1.54) is 6.92 Å². The van der Waals surface area contributed by atoms with Gasteiger partial charge in [-0.2, -0.15) is 26.3 Å². The zero-order chi connectivity index (χ0) is 19.6. The number of nitrogens with two attached hydrogens (primary N) is 1. The number of rotatable bonds is 6. The fourth-order valence-corrected chi connectivity index (χ4v) is 2.58. The average molecular weight is 371 g/mol. The van der Waals surface area contributed by atoms with Gasteiger partial charge >= 0.3 is 18.3 Å². The van der Waals surface area contributed by atoms with Crippen molar-refractivity contribution in [1.82, 2.24) is 0 Å². The standard InChI is InChI=1S/C16H19F6NO2/c1-3-9(8-14(2,23)13(24)25)6-10-4-5-11(15(17,18)19)12(7-10)16(20,21)22/h4-5,7,9H,3,6,8,23H2,1-2H3,(H,24,25). The van der Waals surface area contributed by atoms with Gasteiger partial charge in [-0.25, -0.2) is 0 Å². The second kappa shape index (κ2) is 7.23. The molecule has 2 unspecified atom stereocenters. The zero-order valence-electron chi connectivity index (χ0n) is 13.6. The molecule has 3 nitrogen and oxygen atoms in total. The Morgan fingerprint density at radius 1 is 1.12 bits per heavy atom. The van der Waals surface area contributed by atoms with Gasteiger partial charge in [0.1, 0.15) is 5.54 Å². The van der Waals surface area contributed by atoms with Crippen LogP contribution < -0.4 is 5.73 Å². The van der Waals surface area contributed by atoms with Crippen molar-refractivity contribution in [3.8, 4) is 0 Å². The number of alkyl halides is 6. The van der Waals surface area contributed by atoms with Crippen molar-refractivity contribution in [2.24, 2.45) is 11.7 Å². The topological polar surface area (TPSA) is 63.3 Å². The Balaban J connectivity index is 3.16. The van der Waals surface area contributed by atoms with E-state index < -0.39 is 35.0 Å². The first kappa shape index (κ1) is 21.3. The molecule has 0 aromatic heterocycles. The lowest BCUT2D eigenvalue weighted by atomic mass is 9.84. The zero-order valence-corrected chi connectivity index (χ0v) is 13.6. The molecule has 2 atom stereocenters. The molecule has 0 aliphatic rings. The molecule has 3 N–H and O–H groups in total. The van der Waals surface area contributed by atoms with Gasteiger partial charge in [0.25, 0.3) is 0 Å². The van der Waals surface area contributed by atoms with Crippen molar-refractivity contribution < 1.29 is 36.2 Å². The third-order valence-electron chi connectivity index (χ3n) is 4.00. The fourth-order valence-electron chi connectivity index (χ4n) is 2.58. The minimum Gasteiger partial charge on any atom is -0.480 e. The van der Waals surface area contributed by atoms with E-state index >= 15 is 0 Å². The van der Waals surface area contributed by atoms with Crippen LogP contribution in [-0.2, 0) is 23.6 Å². The molecule has 25 heavy (non-hydrogen) atoms. The van der Waals surface area contributed by atoms with Crippen molar-refractivity contribution >= 4 is 5.97 Å². The lowest BCUT2D eigenvalue weighted by molar-refractivity contribution is -0.162. The second-order valence-corrected chi connectivity index (χ2v) is 6.28. The van der Waals surface area contributed by atoms with Crippen LogP contribution in [0.25, 0.3) is 0 Å². The summed E-state index contributed by atoms with van der Waals surface area (Å²) in [6.45, 7) is 2.99. The highest BCUT2D eigenvalue weighted by Crippen LogP contribution is 2.41. The van der Waals surface area contributed by atoms with Gasteiger partial charge in [0.2, 0.25) is 0 Å². The highest BCUT2D eigenvalue weighted by atomic mass is 19.4. The number of benzene rings is 1. The van der Waals surface area contributed by atoms with Crippen LogP contribution in [0.5, 0.6) is 0 Å². The maximum absolute atomic E-state index is 13.0.